The van der Waals surface area contributed by atoms with Crippen LogP contribution in [0.3, 0.4) is 0 Å². The highest BCUT2D eigenvalue weighted by molar-refractivity contribution is 8.03. The lowest BCUT2D eigenvalue weighted by Crippen LogP contribution is -2.67. The SMILES string of the molecule is CC1(c2nc(NC(=O)c3ncc(C#N)cc3Cl)ccc2F)C[SH]2(=O)NCCCC2(C)C(N)=N1. The maximum atomic E-state index is 14.9. The Morgan fingerprint density at radius 2 is 2.18 bits per heavy atom. The van der Waals surface area contributed by atoms with Crippen molar-refractivity contribution in [3.05, 3.63) is 52.2 Å². The number of anilines is 1. The molecule has 2 aromatic heterocycles. The van der Waals surface area contributed by atoms with E-state index in [2.05, 4.69) is 25.0 Å². The zero-order chi connectivity index (χ0) is 24.0. The highest BCUT2D eigenvalue weighted by atomic mass is 35.5. The fourth-order valence-corrected chi connectivity index (χ4v) is 7.91. The van der Waals surface area contributed by atoms with Crippen LogP contribution in [0.15, 0.2) is 29.4 Å². The van der Waals surface area contributed by atoms with Crippen LogP contribution in [0.4, 0.5) is 10.2 Å². The number of nitrogens with one attached hydrogen (secondary N) is 2. The van der Waals surface area contributed by atoms with Gasteiger partial charge in [0.15, 0.2) is 0 Å². The first-order valence-corrected chi connectivity index (χ1v) is 12.5. The summed E-state index contributed by atoms with van der Waals surface area (Å²) in [5, 5.41) is 11.4. The van der Waals surface area contributed by atoms with E-state index in [0.717, 1.165) is 12.5 Å². The number of carbonyl (C=O) groups excluding carboxylic acids is 1. The lowest BCUT2D eigenvalue weighted by atomic mass is 9.96. The van der Waals surface area contributed by atoms with Crippen LogP contribution in [0.1, 0.15) is 48.4 Å². The number of halogens is 2. The summed E-state index contributed by atoms with van der Waals surface area (Å²) in [6.07, 6.45) is 2.66. The third-order valence-electron chi connectivity index (χ3n) is 6.24. The number of nitrogens with zero attached hydrogens (tertiary/aromatic N) is 4. The number of rotatable bonds is 3. The van der Waals surface area contributed by atoms with Crippen molar-refractivity contribution in [3.63, 3.8) is 0 Å². The summed E-state index contributed by atoms with van der Waals surface area (Å²) in [7, 11) is -3.05. The standard InChI is InChI=1S/C21H23ClFN7O2S/c1-20(11-33(32)21(2,19(25)30-20)6-3-7-27-33)17-14(23)4-5-15(28-17)29-18(31)16-13(22)8-12(9-24)10-26-16/h4-5,8,10,33H,3,6-7,11H2,1-2H3,(H2,25,30)(H,27,32)(H,28,29,31). The minimum absolute atomic E-state index is 0.00810. The Balaban J connectivity index is 1.69. The number of fused-ring (bicyclic) bond motifs is 1. The molecule has 2 unspecified atom stereocenters. The first kappa shape index (κ1) is 23.2. The average Bonchev–Trinajstić information content (AvgIpc) is 2.76. The lowest BCUT2D eigenvalue weighted by Gasteiger charge is -2.52. The van der Waals surface area contributed by atoms with Gasteiger partial charge < -0.3 is 11.1 Å². The molecule has 4 rings (SSSR count). The van der Waals surface area contributed by atoms with Crippen molar-refractivity contribution in [1.82, 2.24) is 14.7 Å². The largest absolute Gasteiger partial charge is 0.386 e. The molecule has 0 radical (unpaired) electrons. The summed E-state index contributed by atoms with van der Waals surface area (Å²) in [4.78, 5) is 25.4. The Bertz CT molecular complexity index is 1280. The van der Waals surface area contributed by atoms with Crippen molar-refractivity contribution in [2.75, 3.05) is 17.6 Å². The van der Waals surface area contributed by atoms with Gasteiger partial charge in [-0.2, -0.15) is 5.26 Å². The van der Waals surface area contributed by atoms with Gasteiger partial charge >= 0.3 is 0 Å². The van der Waals surface area contributed by atoms with Gasteiger partial charge in [0.25, 0.3) is 5.91 Å². The second-order valence-corrected chi connectivity index (χ2v) is 12.1. The molecule has 0 saturated carbocycles. The zero-order valence-corrected chi connectivity index (χ0v) is 19.7. The number of aliphatic imine (C=N–C) groups is 1. The Morgan fingerprint density at radius 1 is 1.42 bits per heavy atom. The Morgan fingerprint density at radius 3 is 2.88 bits per heavy atom. The van der Waals surface area contributed by atoms with E-state index < -0.39 is 32.1 Å². The number of nitrogens with two attached hydrogens (primary N) is 1. The van der Waals surface area contributed by atoms with E-state index in [0.29, 0.717) is 13.0 Å². The molecule has 174 valence electrons. The van der Waals surface area contributed by atoms with Crippen LogP contribution in [-0.4, -0.2) is 43.0 Å². The number of amides is 1. The van der Waals surface area contributed by atoms with Crippen molar-refractivity contribution in [2.45, 2.75) is 37.0 Å². The van der Waals surface area contributed by atoms with E-state index in [9.17, 15) is 13.4 Å². The van der Waals surface area contributed by atoms with Crippen molar-refractivity contribution in [2.24, 2.45) is 10.7 Å². The van der Waals surface area contributed by atoms with E-state index in [1.807, 2.05) is 13.0 Å². The van der Waals surface area contributed by atoms with Crippen LogP contribution in [0, 0.1) is 17.1 Å². The minimum Gasteiger partial charge on any atom is -0.386 e. The number of thiol groups is 1. The van der Waals surface area contributed by atoms with Crippen LogP contribution < -0.4 is 15.8 Å². The zero-order valence-electron chi connectivity index (χ0n) is 18.0. The molecular weight excluding hydrogens is 469 g/mol. The van der Waals surface area contributed by atoms with E-state index in [-0.39, 0.29) is 39.4 Å². The van der Waals surface area contributed by atoms with Crippen molar-refractivity contribution in [1.29, 1.82) is 5.26 Å². The van der Waals surface area contributed by atoms with Crippen LogP contribution in [0.5, 0.6) is 0 Å². The second kappa shape index (κ2) is 8.13. The average molecular weight is 492 g/mol. The Labute approximate surface area is 196 Å². The van der Waals surface area contributed by atoms with E-state index in [1.165, 1.54) is 18.3 Å². The molecule has 0 aliphatic carbocycles. The van der Waals surface area contributed by atoms with Gasteiger partial charge in [-0.3, -0.25) is 18.7 Å². The number of nitriles is 1. The van der Waals surface area contributed by atoms with Crippen molar-refractivity contribution >= 4 is 39.3 Å². The van der Waals surface area contributed by atoms with Gasteiger partial charge in [0.05, 0.1) is 15.3 Å². The molecule has 9 nitrogen and oxygen atoms in total. The van der Waals surface area contributed by atoms with Gasteiger partial charge in [-0.25, -0.2) is 14.4 Å². The third-order valence-corrected chi connectivity index (χ3v) is 10.4. The number of carbonyl (C=O) groups is 1. The fraction of sp³-hybridized carbons (Fsp3) is 0.381. The summed E-state index contributed by atoms with van der Waals surface area (Å²) in [5.41, 5.74) is 5.00. The molecule has 0 aromatic carbocycles. The van der Waals surface area contributed by atoms with Crippen LogP contribution >= 0.6 is 11.6 Å². The maximum absolute atomic E-state index is 14.9. The summed E-state index contributed by atoms with van der Waals surface area (Å²) in [6.45, 7) is 4.04. The number of hydrogen-bond acceptors (Lipinski definition) is 7. The highest BCUT2D eigenvalue weighted by Crippen LogP contribution is 2.43. The van der Waals surface area contributed by atoms with Crippen molar-refractivity contribution < 1.29 is 13.4 Å². The van der Waals surface area contributed by atoms with Gasteiger partial charge in [0, 0.05) is 18.5 Å². The van der Waals surface area contributed by atoms with Gasteiger partial charge in [-0.1, -0.05) is 11.6 Å². The molecule has 4 heterocycles. The summed E-state index contributed by atoms with van der Waals surface area (Å²) in [5.74, 6) is -1.05. The topological polar surface area (TPSA) is 146 Å². The van der Waals surface area contributed by atoms with Gasteiger partial charge in [-0.05, 0) is 55.0 Å². The predicted molar refractivity (Wildman–Crippen MR) is 125 cm³/mol. The number of hydrogen-bond donors (Lipinski definition) is 4. The van der Waals surface area contributed by atoms with Gasteiger partial charge in [0.1, 0.15) is 40.5 Å². The Kier molecular flexibility index (Phi) is 5.72. The summed E-state index contributed by atoms with van der Waals surface area (Å²) < 4.78 is 31.1. The third kappa shape index (κ3) is 3.88. The molecule has 4 N–H and O–H groups in total. The van der Waals surface area contributed by atoms with E-state index in [4.69, 9.17) is 22.6 Å². The number of amidine groups is 1. The molecular formula is C21H23ClFN7O2S. The molecule has 2 atom stereocenters. The Hall–Kier alpha value is -2.94. The molecule has 1 saturated heterocycles. The molecule has 0 bridgehead atoms. The van der Waals surface area contributed by atoms with Gasteiger partial charge in [-0.15, -0.1) is 0 Å². The number of pyridine rings is 2. The fourth-order valence-electron chi connectivity index (χ4n) is 4.31. The summed E-state index contributed by atoms with van der Waals surface area (Å²) >= 11 is 6.05. The molecule has 12 heteroatoms. The highest BCUT2D eigenvalue weighted by Gasteiger charge is 2.53. The molecule has 2 aromatic rings. The number of aromatic nitrogens is 2. The molecule has 2 aliphatic rings. The van der Waals surface area contributed by atoms with E-state index in [1.54, 1.807) is 6.92 Å². The van der Waals surface area contributed by atoms with Crippen molar-refractivity contribution in [3.8, 4) is 6.07 Å². The minimum atomic E-state index is -3.05. The monoisotopic (exact) mass is 491 g/mol. The van der Waals surface area contributed by atoms with E-state index >= 15 is 0 Å². The van der Waals surface area contributed by atoms with Crippen LogP contribution in [0.2, 0.25) is 5.02 Å². The summed E-state index contributed by atoms with van der Waals surface area (Å²) in [6, 6.07) is 5.65. The maximum Gasteiger partial charge on any atom is 0.276 e. The van der Waals surface area contributed by atoms with Crippen LogP contribution in [-0.2, 0) is 15.7 Å². The molecule has 1 amide bonds. The molecule has 0 spiro atoms. The van der Waals surface area contributed by atoms with Gasteiger partial charge in [0.2, 0.25) is 0 Å². The first-order valence-electron chi connectivity index (χ1n) is 10.3. The molecule has 33 heavy (non-hydrogen) atoms. The first-order chi connectivity index (χ1) is 15.5. The smallest absolute Gasteiger partial charge is 0.276 e. The lowest BCUT2D eigenvalue weighted by molar-refractivity contribution is 0.102. The molecule has 1 fully saturated rings. The quantitative estimate of drug-likeness (QED) is 0.483. The second-order valence-electron chi connectivity index (χ2n) is 8.60. The normalized spacial score (nSPS) is 26.9. The molecule has 2 aliphatic heterocycles. The predicted octanol–water partition coefficient (Wildman–Crippen LogP) is 2.05. The van der Waals surface area contributed by atoms with Crippen LogP contribution in [0.25, 0.3) is 0 Å².